The molecule has 0 bridgehead atoms. The Morgan fingerprint density at radius 3 is 2.12 bits per heavy atom. The molecule has 2 aromatic rings. The van der Waals surface area contributed by atoms with Crippen LogP contribution < -0.4 is 0 Å². The Kier molecular flexibility index (Phi) is 11.0. The second kappa shape index (κ2) is 14.1. The van der Waals surface area contributed by atoms with Crippen LogP contribution in [0.4, 0.5) is 8.78 Å². The highest BCUT2D eigenvalue weighted by atomic mass is 32.2. The van der Waals surface area contributed by atoms with Crippen LogP contribution in [0.3, 0.4) is 0 Å². The second-order valence-corrected chi connectivity index (χ2v) is 15.9. The van der Waals surface area contributed by atoms with E-state index in [0.717, 1.165) is 44.8 Å². The number of sulfonamides is 1. The number of amides is 1. The van der Waals surface area contributed by atoms with E-state index in [1.165, 1.54) is 28.8 Å². The number of piperidine rings is 2. The van der Waals surface area contributed by atoms with Crippen molar-refractivity contribution in [3.05, 3.63) is 65.2 Å². The molecule has 1 amide bonds. The van der Waals surface area contributed by atoms with Gasteiger partial charge >= 0.3 is 0 Å². The first-order chi connectivity index (χ1) is 20.2. The Labute approximate surface area is 255 Å². The molecule has 2 aliphatic heterocycles. The van der Waals surface area contributed by atoms with E-state index in [4.69, 9.17) is 0 Å². The third kappa shape index (κ3) is 9.06. The Hall–Kier alpha value is -2.41. The van der Waals surface area contributed by atoms with E-state index in [1.807, 2.05) is 11.8 Å². The summed E-state index contributed by atoms with van der Waals surface area (Å²) in [5, 5.41) is 0. The van der Waals surface area contributed by atoms with Gasteiger partial charge in [0.25, 0.3) is 0 Å². The predicted molar refractivity (Wildman–Crippen MR) is 163 cm³/mol. The molecule has 2 fully saturated rings. The van der Waals surface area contributed by atoms with Crippen LogP contribution >= 0.6 is 0 Å². The molecule has 2 heterocycles. The van der Waals surface area contributed by atoms with Crippen molar-refractivity contribution in [2.45, 2.75) is 62.3 Å². The maximum absolute atomic E-state index is 14.2. The number of halogens is 2. The van der Waals surface area contributed by atoms with Gasteiger partial charge in [-0.1, -0.05) is 12.1 Å². The first kappa shape index (κ1) is 33.5. The molecule has 43 heavy (non-hydrogen) atoms. The summed E-state index contributed by atoms with van der Waals surface area (Å²) >= 11 is 0. The standard InChI is InChI=1S/C31H43F2N3O5S2/c1-4-36(31(37)19-23-6-5-7-29(18-23)42(2,38)39)28-10-13-34(14-11-28)15-12-30(25-20-26(32)22-27(33)21-25)24-8-16-35(17-9-24)43(3,40)41/h5-7,18,20-22,24,28,30H,4,8-17,19H2,1-3H3/t30-/m1/s1. The van der Waals surface area contributed by atoms with Gasteiger partial charge in [-0.05, 0) is 92.8 Å². The minimum Gasteiger partial charge on any atom is -0.340 e. The van der Waals surface area contributed by atoms with Crippen molar-refractivity contribution in [2.75, 3.05) is 51.8 Å². The highest BCUT2D eigenvalue weighted by Crippen LogP contribution is 2.37. The second-order valence-electron chi connectivity index (χ2n) is 11.9. The number of benzene rings is 2. The van der Waals surface area contributed by atoms with Crippen LogP contribution in [0.1, 0.15) is 56.1 Å². The van der Waals surface area contributed by atoms with Crippen LogP contribution in [0.2, 0.25) is 0 Å². The van der Waals surface area contributed by atoms with E-state index in [9.17, 15) is 30.4 Å². The van der Waals surface area contributed by atoms with Gasteiger partial charge in [0.15, 0.2) is 9.84 Å². The van der Waals surface area contributed by atoms with Gasteiger partial charge in [-0.2, -0.15) is 0 Å². The molecule has 1 atom stereocenters. The largest absolute Gasteiger partial charge is 0.340 e. The van der Waals surface area contributed by atoms with Crippen molar-refractivity contribution in [3.8, 4) is 0 Å². The molecule has 0 N–H and O–H groups in total. The fraction of sp³-hybridized carbons (Fsp3) is 0.581. The van der Waals surface area contributed by atoms with E-state index in [-0.39, 0.29) is 35.1 Å². The van der Waals surface area contributed by atoms with E-state index < -0.39 is 31.5 Å². The van der Waals surface area contributed by atoms with Gasteiger partial charge in [0.1, 0.15) is 11.6 Å². The van der Waals surface area contributed by atoms with Crippen LogP contribution in [0.15, 0.2) is 47.4 Å². The van der Waals surface area contributed by atoms with E-state index in [2.05, 4.69) is 4.90 Å². The number of sulfone groups is 1. The smallest absolute Gasteiger partial charge is 0.227 e. The molecule has 2 aliphatic rings. The van der Waals surface area contributed by atoms with Gasteiger partial charge in [-0.25, -0.2) is 29.9 Å². The average Bonchev–Trinajstić information content (AvgIpc) is 2.93. The molecule has 0 aromatic heterocycles. The number of hydrogen-bond acceptors (Lipinski definition) is 6. The summed E-state index contributed by atoms with van der Waals surface area (Å²) in [6, 6.07) is 10.3. The Morgan fingerprint density at radius 2 is 1.56 bits per heavy atom. The van der Waals surface area contributed by atoms with Crippen molar-refractivity contribution < 1.29 is 30.4 Å². The molecule has 0 aliphatic carbocycles. The Bertz CT molecular complexity index is 1470. The molecule has 238 valence electrons. The summed E-state index contributed by atoms with van der Waals surface area (Å²) in [6.07, 6.45) is 6.08. The Morgan fingerprint density at radius 1 is 0.930 bits per heavy atom. The molecule has 0 saturated carbocycles. The van der Waals surface area contributed by atoms with Gasteiger partial charge in [-0.3, -0.25) is 4.79 Å². The lowest BCUT2D eigenvalue weighted by molar-refractivity contribution is -0.133. The Balaban J connectivity index is 1.36. The first-order valence-electron chi connectivity index (χ1n) is 15.0. The quantitative estimate of drug-likeness (QED) is 0.368. The van der Waals surface area contributed by atoms with E-state index in [0.29, 0.717) is 50.0 Å². The molecule has 4 rings (SSSR count). The van der Waals surface area contributed by atoms with Crippen molar-refractivity contribution in [3.63, 3.8) is 0 Å². The topological polar surface area (TPSA) is 95.1 Å². The number of nitrogens with zero attached hydrogens (tertiary/aromatic N) is 3. The summed E-state index contributed by atoms with van der Waals surface area (Å²) in [4.78, 5) is 17.7. The van der Waals surface area contributed by atoms with Crippen LogP contribution in [0.25, 0.3) is 0 Å². The van der Waals surface area contributed by atoms with E-state index in [1.54, 1.807) is 18.2 Å². The normalized spacial score (nSPS) is 18.9. The van der Waals surface area contributed by atoms with Crippen molar-refractivity contribution in [1.29, 1.82) is 0 Å². The lowest BCUT2D eigenvalue weighted by Gasteiger charge is -2.40. The number of carbonyl (C=O) groups is 1. The van der Waals surface area contributed by atoms with Crippen LogP contribution in [0, 0.1) is 17.6 Å². The summed E-state index contributed by atoms with van der Waals surface area (Å²) in [5.41, 5.74) is 1.29. The summed E-state index contributed by atoms with van der Waals surface area (Å²) in [6.45, 7) is 5.64. The van der Waals surface area contributed by atoms with Crippen molar-refractivity contribution in [1.82, 2.24) is 14.1 Å². The molecule has 2 aromatic carbocycles. The molecule has 0 unspecified atom stereocenters. The summed E-state index contributed by atoms with van der Waals surface area (Å²) in [7, 11) is -6.63. The van der Waals surface area contributed by atoms with Gasteiger partial charge in [0.2, 0.25) is 15.9 Å². The monoisotopic (exact) mass is 639 g/mol. The highest BCUT2D eigenvalue weighted by molar-refractivity contribution is 7.90. The average molecular weight is 640 g/mol. The van der Waals surface area contributed by atoms with Crippen LogP contribution in [-0.4, -0.2) is 94.7 Å². The molecule has 0 radical (unpaired) electrons. The van der Waals surface area contributed by atoms with Gasteiger partial charge in [-0.15, -0.1) is 0 Å². The first-order valence-corrected chi connectivity index (χ1v) is 18.7. The third-order valence-electron chi connectivity index (χ3n) is 8.95. The molecular weight excluding hydrogens is 596 g/mol. The zero-order valence-electron chi connectivity index (χ0n) is 25.2. The number of hydrogen-bond donors (Lipinski definition) is 0. The van der Waals surface area contributed by atoms with Gasteiger partial charge in [0.05, 0.1) is 17.6 Å². The lowest BCUT2D eigenvalue weighted by atomic mass is 9.78. The zero-order valence-corrected chi connectivity index (χ0v) is 26.8. The molecule has 0 spiro atoms. The number of carbonyl (C=O) groups excluding carboxylic acids is 1. The number of likely N-dealkylation sites (N-methyl/N-ethyl adjacent to an activating group) is 1. The molecule has 12 heteroatoms. The minimum absolute atomic E-state index is 0.0276. The minimum atomic E-state index is -3.36. The SMILES string of the molecule is CCN(C(=O)Cc1cccc(S(C)(=O)=O)c1)C1CCN(CC[C@@H](c2cc(F)cc(F)c2)C2CCN(S(C)(=O)=O)CC2)CC1. The maximum atomic E-state index is 14.2. The van der Waals surface area contributed by atoms with Gasteiger partial charge in [0, 0.05) is 51.1 Å². The molecule has 2 saturated heterocycles. The fourth-order valence-electron chi connectivity index (χ4n) is 6.65. The van der Waals surface area contributed by atoms with E-state index >= 15 is 0 Å². The van der Waals surface area contributed by atoms with Crippen molar-refractivity contribution in [2.24, 2.45) is 5.92 Å². The van der Waals surface area contributed by atoms with Crippen LogP contribution in [0.5, 0.6) is 0 Å². The lowest BCUT2D eigenvalue weighted by Crippen LogP contribution is -2.48. The summed E-state index contributed by atoms with van der Waals surface area (Å²) < 4.78 is 77.7. The highest BCUT2D eigenvalue weighted by Gasteiger charge is 2.32. The molecule has 8 nitrogen and oxygen atoms in total. The number of rotatable bonds is 11. The van der Waals surface area contributed by atoms with Crippen LogP contribution in [-0.2, 0) is 31.1 Å². The predicted octanol–water partition coefficient (Wildman–Crippen LogP) is 4.07. The van der Waals surface area contributed by atoms with Crippen molar-refractivity contribution >= 4 is 25.8 Å². The maximum Gasteiger partial charge on any atom is 0.227 e. The number of likely N-dealkylation sites (tertiary alicyclic amines) is 1. The fourth-order valence-corrected chi connectivity index (χ4v) is 8.22. The third-order valence-corrected chi connectivity index (χ3v) is 11.4. The van der Waals surface area contributed by atoms with Gasteiger partial charge < -0.3 is 9.80 Å². The summed E-state index contributed by atoms with van der Waals surface area (Å²) in [5.74, 6) is -1.23. The molecular formula is C31H43F2N3O5S2. The zero-order chi connectivity index (χ0) is 31.4.